The molecule has 0 atom stereocenters. The van der Waals surface area contributed by atoms with Gasteiger partial charge in [0, 0.05) is 0 Å². The van der Waals surface area contributed by atoms with Crippen LogP contribution in [0.4, 0.5) is 17.6 Å². The first kappa shape index (κ1) is 17.5. The molecule has 2 aliphatic carbocycles. The van der Waals surface area contributed by atoms with E-state index in [4.69, 9.17) is 0 Å². The molecule has 0 amide bonds. The van der Waals surface area contributed by atoms with Gasteiger partial charge < -0.3 is 0 Å². The van der Waals surface area contributed by atoms with E-state index >= 15 is 0 Å². The van der Waals surface area contributed by atoms with E-state index in [-0.39, 0.29) is 35.8 Å². The van der Waals surface area contributed by atoms with Crippen LogP contribution in [0.5, 0.6) is 0 Å². The second-order valence-electron chi connectivity index (χ2n) is 7.35. The van der Waals surface area contributed by atoms with Gasteiger partial charge in [-0.3, -0.25) is 0 Å². The van der Waals surface area contributed by atoms with Gasteiger partial charge in [0.1, 0.15) is 0 Å². The summed E-state index contributed by atoms with van der Waals surface area (Å²) < 4.78 is 53.9. The quantitative estimate of drug-likeness (QED) is 0.514. The van der Waals surface area contributed by atoms with Crippen molar-refractivity contribution in [2.75, 3.05) is 0 Å². The molecule has 3 rings (SSSR count). The van der Waals surface area contributed by atoms with E-state index in [0.717, 1.165) is 25.7 Å². The van der Waals surface area contributed by atoms with E-state index in [1.165, 1.54) is 12.8 Å². The summed E-state index contributed by atoms with van der Waals surface area (Å²) in [6, 6.07) is 3.30. The summed E-state index contributed by atoms with van der Waals surface area (Å²) in [5.74, 6) is -1.10. The molecule has 0 unspecified atom stereocenters. The SMILES string of the molecule is CCCC1CCC(c2ccc(C3CC(=C(F)F)C3)c(F)c2F)CC1. The van der Waals surface area contributed by atoms with Crippen LogP contribution in [0.3, 0.4) is 0 Å². The van der Waals surface area contributed by atoms with Gasteiger partial charge in [-0.1, -0.05) is 31.9 Å². The Morgan fingerprint density at radius 2 is 1.46 bits per heavy atom. The molecule has 2 fully saturated rings. The van der Waals surface area contributed by atoms with Gasteiger partial charge >= 0.3 is 0 Å². The first-order valence-corrected chi connectivity index (χ1v) is 9.02. The number of allylic oxidation sites excluding steroid dienone is 1. The average molecular weight is 340 g/mol. The fourth-order valence-corrected chi connectivity index (χ4v) is 4.29. The third-order valence-corrected chi connectivity index (χ3v) is 5.82. The molecule has 0 saturated heterocycles. The molecule has 0 nitrogen and oxygen atoms in total. The molecule has 0 aliphatic heterocycles. The average Bonchev–Trinajstić information content (AvgIpc) is 2.51. The van der Waals surface area contributed by atoms with Crippen molar-refractivity contribution in [2.24, 2.45) is 5.92 Å². The van der Waals surface area contributed by atoms with Gasteiger partial charge in [-0.05, 0) is 73.0 Å². The van der Waals surface area contributed by atoms with Crippen LogP contribution >= 0.6 is 0 Å². The molecule has 2 saturated carbocycles. The lowest BCUT2D eigenvalue weighted by molar-refractivity contribution is 0.302. The van der Waals surface area contributed by atoms with Gasteiger partial charge in [-0.2, -0.15) is 8.78 Å². The number of hydrogen-bond acceptors (Lipinski definition) is 0. The molecule has 2 aliphatic rings. The molecule has 132 valence electrons. The standard InChI is InChI=1S/C20H24F4/c1-2-3-12-4-6-13(7-5-12)16-8-9-17(19(22)18(16)21)14-10-15(11-14)20(23)24/h8-9,12-14H,2-7,10-11H2,1H3. The molecule has 24 heavy (non-hydrogen) atoms. The fraction of sp³-hybridized carbons (Fsp3) is 0.600. The lowest BCUT2D eigenvalue weighted by atomic mass is 9.74. The Morgan fingerprint density at radius 1 is 0.917 bits per heavy atom. The predicted molar refractivity (Wildman–Crippen MR) is 87.2 cm³/mol. The van der Waals surface area contributed by atoms with Crippen molar-refractivity contribution in [3.05, 3.63) is 46.5 Å². The van der Waals surface area contributed by atoms with Crippen LogP contribution in [0.1, 0.15) is 81.3 Å². The Balaban J connectivity index is 1.71. The molecular weight excluding hydrogens is 316 g/mol. The molecule has 0 heterocycles. The zero-order chi connectivity index (χ0) is 17.3. The highest BCUT2D eigenvalue weighted by Gasteiger charge is 2.33. The molecule has 0 radical (unpaired) electrons. The van der Waals surface area contributed by atoms with Crippen molar-refractivity contribution >= 4 is 0 Å². The minimum Gasteiger partial charge on any atom is -0.203 e. The van der Waals surface area contributed by atoms with E-state index in [0.29, 0.717) is 11.5 Å². The smallest absolute Gasteiger partial charge is 0.203 e. The number of halogens is 4. The van der Waals surface area contributed by atoms with Crippen LogP contribution < -0.4 is 0 Å². The maximum atomic E-state index is 14.5. The molecule has 4 heteroatoms. The summed E-state index contributed by atoms with van der Waals surface area (Å²) in [5, 5.41) is 0. The molecule has 0 aromatic heterocycles. The van der Waals surface area contributed by atoms with Gasteiger partial charge in [0.25, 0.3) is 6.08 Å². The maximum absolute atomic E-state index is 14.5. The van der Waals surface area contributed by atoms with Crippen LogP contribution in [-0.4, -0.2) is 0 Å². The minimum absolute atomic E-state index is 0.0677. The highest BCUT2D eigenvalue weighted by Crippen LogP contribution is 2.46. The second kappa shape index (κ2) is 7.28. The first-order valence-electron chi connectivity index (χ1n) is 9.02. The van der Waals surface area contributed by atoms with Crippen molar-refractivity contribution in [3.8, 4) is 0 Å². The normalized spacial score (nSPS) is 27.0. The summed E-state index contributed by atoms with van der Waals surface area (Å²) in [7, 11) is 0. The highest BCUT2D eigenvalue weighted by molar-refractivity contribution is 5.36. The van der Waals surface area contributed by atoms with E-state index in [1.807, 2.05) is 0 Å². The largest absolute Gasteiger partial charge is 0.269 e. The molecule has 0 bridgehead atoms. The van der Waals surface area contributed by atoms with E-state index in [9.17, 15) is 17.6 Å². The van der Waals surface area contributed by atoms with Crippen LogP contribution in [0.2, 0.25) is 0 Å². The molecular formula is C20H24F4. The third kappa shape index (κ3) is 3.38. The van der Waals surface area contributed by atoms with Gasteiger partial charge in [0.15, 0.2) is 11.6 Å². The summed E-state index contributed by atoms with van der Waals surface area (Å²) >= 11 is 0. The summed E-state index contributed by atoms with van der Waals surface area (Å²) in [6.45, 7) is 2.18. The van der Waals surface area contributed by atoms with Crippen molar-refractivity contribution in [1.82, 2.24) is 0 Å². The Kier molecular flexibility index (Phi) is 5.31. The van der Waals surface area contributed by atoms with Crippen molar-refractivity contribution in [1.29, 1.82) is 0 Å². The second-order valence-corrected chi connectivity index (χ2v) is 7.35. The zero-order valence-electron chi connectivity index (χ0n) is 14.1. The van der Waals surface area contributed by atoms with Gasteiger partial charge in [-0.15, -0.1) is 0 Å². The summed E-state index contributed by atoms with van der Waals surface area (Å²) in [6.07, 6.45) is 4.96. The van der Waals surface area contributed by atoms with Crippen LogP contribution in [-0.2, 0) is 0 Å². The van der Waals surface area contributed by atoms with Crippen LogP contribution in [0.15, 0.2) is 23.8 Å². The van der Waals surface area contributed by atoms with Crippen LogP contribution in [0, 0.1) is 17.6 Å². The van der Waals surface area contributed by atoms with Crippen LogP contribution in [0.25, 0.3) is 0 Å². The first-order chi connectivity index (χ1) is 11.5. The monoisotopic (exact) mass is 340 g/mol. The Bertz CT molecular complexity index is 615. The van der Waals surface area contributed by atoms with Gasteiger partial charge in [0.2, 0.25) is 0 Å². The van der Waals surface area contributed by atoms with E-state index < -0.39 is 17.7 Å². The van der Waals surface area contributed by atoms with Crippen molar-refractivity contribution in [3.63, 3.8) is 0 Å². The van der Waals surface area contributed by atoms with Crippen molar-refractivity contribution in [2.45, 2.75) is 70.1 Å². The predicted octanol–water partition coefficient (Wildman–Crippen LogP) is 7.07. The fourth-order valence-electron chi connectivity index (χ4n) is 4.29. The van der Waals surface area contributed by atoms with E-state index in [2.05, 4.69) is 6.92 Å². The number of hydrogen-bond donors (Lipinski definition) is 0. The topological polar surface area (TPSA) is 0 Å². The maximum Gasteiger partial charge on any atom is 0.269 e. The third-order valence-electron chi connectivity index (χ3n) is 5.82. The lowest BCUT2D eigenvalue weighted by Gasteiger charge is -2.31. The highest BCUT2D eigenvalue weighted by atomic mass is 19.3. The minimum atomic E-state index is -1.67. The summed E-state index contributed by atoms with van der Waals surface area (Å²) in [5.41, 5.74) is 0.789. The van der Waals surface area contributed by atoms with Crippen molar-refractivity contribution < 1.29 is 17.6 Å². The lowest BCUT2D eigenvalue weighted by Crippen LogP contribution is -2.18. The van der Waals surface area contributed by atoms with Gasteiger partial charge in [0.05, 0.1) is 0 Å². The molecule has 0 N–H and O–H groups in total. The molecule has 1 aromatic rings. The Hall–Kier alpha value is -1.32. The Labute approximate surface area is 141 Å². The van der Waals surface area contributed by atoms with E-state index in [1.54, 1.807) is 12.1 Å². The van der Waals surface area contributed by atoms with Gasteiger partial charge in [-0.25, -0.2) is 8.78 Å². The zero-order valence-corrected chi connectivity index (χ0v) is 14.1. The molecule has 0 spiro atoms. The number of benzene rings is 1. The Morgan fingerprint density at radius 3 is 1.96 bits per heavy atom. The summed E-state index contributed by atoms with van der Waals surface area (Å²) in [4.78, 5) is 0. The molecule has 1 aromatic carbocycles. The number of rotatable bonds is 4.